The lowest BCUT2D eigenvalue weighted by Gasteiger charge is -2.10. The van der Waals surface area contributed by atoms with E-state index in [4.69, 9.17) is 0 Å². The summed E-state index contributed by atoms with van der Waals surface area (Å²) in [4.78, 5) is 5.80. The second kappa shape index (κ2) is 4.88. The molecule has 0 aliphatic rings. The summed E-state index contributed by atoms with van der Waals surface area (Å²) in [7, 11) is 0. The van der Waals surface area contributed by atoms with E-state index in [1.54, 1.807) is 22.7 Å². The molecule has 0 aliphatic heterocycles. The Hall–Kier alpha value is -0.710. The van der Waals surface area contributed by atoms with Crippen LogP contribution in [-0.4, -0.2) is 4.98 Å². The van der Waals surface area contributed by atoms with Gasteiger partial charge >= 0.3 is 0 Å². The minimum atomic E-state index is 0.411. The van der Waals surface area contributed by atoms with Crippen LogP contribution < -0.4 is 5.32 Å². The van der Waals surface area contributed by atoms with E-state index in [0.717, 1.165) is 17.2 Å². The maximum atomic E-state index is 4.42. The van der Waals surface area contributed by atoms with Gasteiger partial charge in [0.05, 0.1) is 0 Å². The first-order valence-corrected chi connectivity index (χ1v) is 6.69. The molecule has 0 unspecified atom stereocenters. The molecule has 2 aromatic heterocycles. The molecule has 0 aliphatic carbocycles. The van der Waals surface area contributed by atoms with Gasteiger partial charge in [-0.2, -0.15) is 0 Å². The Morgan fingerprint density at radius 2 is 2.33 bits per heavy atom. The van der Waals surface area contributed by atoms with Crippen LogP contribution in [0.1, 0.15) is 28.5 Å². The van der Waals surface area contributed by atoms with Crippen molar-refractivity contribution in [2.45, 2.75) is 26.4 Å². The molecule has 0 spiro atoms. The van der Waals surface area contributed by atoms with Crippen LogP contribution in [0.15, 0.2) is 22.9 Å². The molecule has 0 radical (unpaired) electrons. The summed E-state index contributed by atoms with van der Waals surface area (Å²) in [5.74, 6) is 0. The van der Waals surface area contributed by atoms with Crippen molar-refractivity contribution < 1.29 is 0 Å². The van der Waals surface area contributed by atoms with Crippen LogP contribution >= 0.6 is 22.7 Å². The summed E-state index contributed by atoms with van der Waals surface area (Å²) in [6.07, 6.45) is 0. The number of hydrogen-bond donors (Lipinski definition) is 1. The van der Waals surface area contributed by atoms with Gasteiger partial charge in [-0.15, -0.1) is 22.7 Å². The van der Waals surface area contributed by atoms with E-state index >= 15 is 0 Å². The summed E-state index contributed by atoms with van der Waals surface area (Å²) in [5, 5.41) is 8.84. The fourth-order valence-electron chi connectivity index (χ4n) is 1.36. The summed E-state index contributed by atoms with van der Waals surface area (Å²) in [6.45, 7) is 5.08. The van der Waals surface area contributed by atoms with E-state index < -0.39 is 0 Å². The predicted molar refractivity (Wildman–Crippen MR) is 66.4 cm³/mol. The Kier molecular flexibility index (Phi) is 3.51. The molecule has 2 rings (SSSR count). The number of thiophene rings is 1. The number of hydrogen-bond acceptors (Lipinski definition) is 4. The molecule has 0 amide bonds. The van der Waals surface area contributed by atoms with Gasteiger partial charge in [-0.25, -0.2) is 4.98 Å². The smallest absolute Gasteiger partial charge is 0.107 e. The van der Waals surface area contributed by atoms with E-state index in [1.165, 1.54) is 4.88 Å². The Morgan fingerprint density at radius 3 is 2.93 bits per heavy atom. The van der Waals surface area contributed by atoms with E-state index in [0.29, 0.717) is 6.04 Å². The van der Waals surface area contributed by atoms with Crippen LogP contribution in [0.2, 0.25) is 0 Å². The number of aromatic nitrogens is 1. The van der Waals surface area contributed by atoms with Gasteiger partial charge in [0, 0.05) is 28.5 Å². The quantitative estimate of drug-likeness (QED) is 0.883. The molecule has 2 heterocycles. The zero-order valence-corrected chi connectivity index (χ0v) is 10.5. The van der Waals surface area contributed by atoms with Crippen molar-refractivity contribution in [1.29, 1.82) is 0 Å². The highest BCUT2D eigenvalue weighted by atomic mass is 32.1. The monoisotopic (exact) mass is 238 g/mol. The molecule has 1 atom stereocenters. The van der Waals surface area contributed by atoms with E-state index in [-0.39, 0.29) is 0 Å². The average molecular weight is 238 g/mol. The van der Waals surface area contributed by atoms with Crippen molar-refractivity contribution in [3.05, 3.63) is 38.5 Å². The second-order valence-corrected chi connectivity index (χ2v) is 5.42. The lowest BCUT2D eigenvalue weighted by Crippen LogP contribution is -2.16. The van der Waals surface area contributed by atoms with Crippen LogP contribution in [0.4, 0.5) is 0 Å². The second-order valence-electron chi connectivity index (χ2n) is 3.50. The normalized spacial score (nSPS) is 12.9. The van der Waals surface area contributed by atoms with Crippen LogP contribution in [0, 0.1) is 6.92 Å². The molecule has 15 heavy (non-hydrogen) atoms. The van der Waals surface area contributed by atoms with E-state index in [2.05, 4.69) is 40.1 Å². The Balaban J connectivity index is 1.88. The minimum absolute atomic E-state index is 0.411. The molecule has 0 aromatic carbocycles. The van der Waals surface area contributed by atoms with Crippen LogP contribution in [0.5, 0.6) is 0 Å². The van der Waals surface area contributed by atoms with Crippen molar-refractivity contribution >= 4 is 22.7 Å². The average Bonchev–Trinajstić information content (AvgIpc) is 2.84. The van der Waals surface area contributed by atoms with Gasteiger partial charge < -0.3 is 5.32 Å². The van der Waals surface area contributed by atoms with E-state index in [1.807, 2.05) is 6.92 Å². The van der Waals surface area contributed by atoms with Crippen LogP contribution in [-0.2, 0) is 6.54 Å². The third-order valence-electron chi connectivity index (χ3n) is 2.20. The highest BCUT2D eigenvalue weighted by Crippen LogP contribution is 2.19. The van der Waals surface area contributed by atoms with Crippen LogP contribution in [0.25, 0.3) is 0 Å². The summed E-state index contributed by atoms with van der Waals surface area (Å²) in [5.41, 5.74) is 1.11. The number of nitrogens with zero attached hydrogens (tertiary/aromatic N) is 1. The molecular formula is C11H14N2S2. The van der Waals surface area contributed by atoms with Crippen LogP contribution in [0.3, 0.4) is 0 Å². The first-order chi connectivity index (χ1) is 7.25. The van der Waals surface area contributed by atoms with Gasteiger partial charge in [0.1, 0.15) is 5.01 Å². The third-order valence-corrected chi connectivity index (χ3v) is 4.22. The lowest BCUT2D eigenvalue weighted by molar-refractivity contribution is 0.581. The molecule has 0 bridgehead atoms. The largest absolute Gasteiger partial charge is 0.303 e. The van der Waals surface area contributed by atoms with Crippen molar-refractivity contribution in [3.63, 3.8) is 0 Å². The molecule has 2 aromatic rings. The van der Waals surface area contributed by atoms with Gasteiger partial charge in [-0.1, -0.05) is 6.07 Å². The van der Waals surface area contributed by atoms with Gasteiger partial charge in [0.25, 0.3) is 0 Å². The van der Waals surface area contributed by atoms with Crippen molar-refractivity contribution in [2.24, 2.45) is 0 Å². The highest BCUT2D eigenvalue weighted by molar-refractivity contribution is 7.10. The Bertz CT molecular complexity index is 406. The minimum Gasteiger partial charge on any atom is -0.303 e. The van der Waals surface area contributed by atoms with Gasteiger partial charge in [0.15, 0.2) is 0 Å². The molecule has 0 saturated carbocycles. The fraction of sp³-hybridized carbons (Fsp3) is 0.364. The van der Waals surface area contributed by atoms with Gasteiger partial charge in [-0.05, 0) is 25.3 Å². The number of thiazole rings is 1. The third kappa shape index (κ3) is 2.87. The summed E-state index contributed by atoms with van der Waals surface area (Å²) in [6, 6.07) is 4.66. The maximum Gasteiger partial charge on any atom is 0.107 e. The molecule has 1 N–H and O–H groups in total. The van der Waals surface area contributed by atoms with Crippen molar-refractivity contribution in [1.82, 2.24) is 10.3 Å². The fourth-order valence-corrected chi connectivity index (χ4v) is 2.84. The standard InChI is InChI=1S/C11H14N2S2/c1-8-7-15-11(13-8)6-12-9(2)10-4-3-5-14-10/h3-5,7,9,12H,6H2,1-2H3/t9-/m0/s1. The van der Waals surface area contributed by atoms with Crippen molar-refractivity contribution in [3.8, 4) is 0 Å². The number of rotatable bonds is 4. The molecule has 0 fully saturated rings. The Morgan fingerprint density at radius 1 is 1.47 bits per heavy atom. The topological polar surface area (TPSA) is 24.9 Å². The first kappa shape index (κ1) is 10.8. The highest BCUT2D eigenvalue weighted by Gasteiger charge is 2.06. The molecular weight excluding hydrogens is 224 g/mol. The van der Waals surface area contributed by atoms with Gasteiger partial charge in [-0.3, -0.25) is 0 Å². The molecule has 80 valence electrons. The molecule has 4 heteroatoms. The zero-order chi connectivity index (χ0) is 10.7. The lowest BCUT2D eigenvalue weighted by atomic mass is 10.3. The number of nitrogens with one attached hydrogen (secondary N) is 1. The van der Waals surface area contributed by atoms with Gasteiger partial charge in [0.2, 0.25) is 0 Å². The number of aryl methyl sites for hydroxylation is 1. The summed E-state index contributed by atoms with van der Waals surface area (Å²) >= 11 is 3.51. The van der Waals surface area contributed by atoms with E-state index in [9.17, 15) is 0 Å². The zero-order valence-electron chi connectivity index (χ0n) is 8.86. The SMILES string of the molecule is Cc1csc(CN[C@@H](C)c2cccs2)n1. The predicted octanol–water partition coefficient (Wildman–Crippen LogP) is 3.36. The summed E-state index contributed by atoms with van der Waals surface area (Å²) < 4.78 is 0. The maximum absolute atomic E-state index is 4.42. The molecule has 0 saturated heterocycles. The Labute approximate surface area is 98.0 Å². The molecule has 2 nitrogen and oxygen atoms in total. The van der Waals surface area contributed by atoms with Crippen molar-refractivity contribution in [2.75, 3.05) is 0 Å². The first-order valence-electron chi connectivity index (χ1n) is 4.93.